The Bertz CT molecular complexity index is 1050. The molecule has 1 aliphatic carbocycles. The van der Waals surface area contributed by atoms with Crippen molar-refractivity contribution in [3.05, 3.63) is 81.9 Å². The lowest BCUT2D eigenvalue weighted by Gasteiger charge is -2.12. The van der Waals surface area contributed by atoms with Gasteiger partial charge in [0.2, 0.25) is 11.8 Å². The van der Waals surface area contributed by atoms with Gasteiger partial charge in [-0.15, -0.1) is 0 Å². The van der Waals surface area contributed by atoms with Crippen molar-refractivity contribution in [3.63, 3.8) is 0 Å². The second kappa shape index (κ2) is 4.95. The Labute approximate surface area is 148 Å². The molecule has 0 amide bonds. The molecular weight excluding hydrogens is 306 g/mol. The lowest BCUT2D eigenvalue weighted by molar-refractivity contribution is -0.769. The number of aryl methyl sites for hydroxylation is 3. The van der Waals surface area contributed by atoms with E-state index in [4.69, 9.17) is 4.84 Å². The van der Waals surface area contributed by atoms with Gasteiger partial charge in [-0.1, -0.05) is 54.1 Å². The molecule has 0 saturated carbocycles. The second-order valence-corrected chi connectivity index (χ2v) is 7.45. The van der Waals surface area contributed by atoms with Crippen LogP contribution in [0.2, 0.25) is 0 Å². The van der Waals surface area contributed by atoms with E-state index in [0.717, 1.165) is 0 Å². The summed E-state index contributed by atoms with van der Waals surface area (Å²) in [7, 11) is 2.05. The molecule has 3 aromatic carbocycles. The van der Waals surface area contributed by atoms with Crippen molar-refractivity contribution in [1.82, 2.24) is 0 Å². The molecule has 0 N–H and O–H groups in total. The minimum absolute atomic E-state index is 0.0844. The van der Waals surface area contributed by atoms with Crippen molar-refractivity contribution in [3.8, 4) is 0 Å². The molecule has 0 radical (unpaired) electrons. The lowest BCUT2D eigenvalue weighted by atomic mass is 9.85. The smallest absolute Gasteiger partial charge is 0.246 e. The molecule has 0 bridgehead atoms. The van der Waals surface area contributed by atoms with Gasteiger partial charge in [0, 0.05) is 5.56 Å². The Kier molecular flexibility index (Phi) is 2.91. The summed E-state index contributed by atoms with van der Waals surface area (Å²) in [5.74, 6) is 0.270. The fourth-order valence-corrected chi connectivity index (χ4v) is 4.97. The molecule has 5 rings (SSSR count). The van der Waals surface area contributed by atoms with Crippen LogP contribution in [0.1, 0.15) is 45.4 Å². The third-order valence-electron chi connectivity index (χ3n) is 5.75. The molecule has 2 nitrogen and oxygen atoms in total. The van der Waals surface area contributed by atoms with E-state index in [1.165, 1.54) is 49.9 Å². The van der Waals surface area contributed by atoms with Gasteiger partial charge in [0.05, 0.1) is 5.56 Å². The minimum atomic E-state index is 0.0844. The van der Waals surface area contributed by atoms with Crippen LogP contribution < -0.4 is 0 Å². The van der Waals surface area contributed by atoms with Gasteiger partial charge < -0.3 is 0 Å². The zero-order valence-corrected chi connectivity index (χ0v) is 15.1. The quantitative estimate of drug-likeness (QED) is 0.574. The number of nitrogens with zero attached hydrogens (tertiary/aromatic N) is 1. The summed E-state index contributed by atoms with van der Waals surface area (Å²) >= 11 is 0. The summed E-state index contributed by atoms with van der Waals surface area (Å²) in [4.78, 5) is 6.36. The average molecular weight is 328 g/mol. The highest BCUT2D eigenvalue weighted by Gasteiger charge is 2.51. The van der Waals surface area contributed by atoms with E-state index in [9.17, 15) is 0 Å². The maximum absolute atomic E-state index is 6.36. The van der Waals surface area contributed by atoms with Crippen LogP contribution in [0, 0.1) is 20.8 Å². The zero-order valence-electron chi connectivity index (χ0n) is 15.1. The molecule has 1 aliphatic heterocycles. The molecule has 1 heterocycles. The minimum Gasteiger partial charge on any atom is -0.268 e. The van der Waals surface area contributed by atoms with Gasteiger partial charge in [0.1, 0.15) is 5.92 Å². The van der Waals surface area contributed by atoms with Gasteiger partial charge in [0.25, 0.3) is 0 Å². The molecule has 2 atom stereocenters. The highest BCUT2D eigenvalue weighted by molar-refractivity contribution is 6.09. The Morgan fingerprint density at radius 2 is 1.52 bits per heavy atom. The van der Waals surface area contributed by atoms with E-state index >= 15 is 0 Å². The van der Waals surface area contributed by atoms with Crippen molar-refractivity contribution in [2.45, 2.75) is 32.8 Å². The van der Waals surface area contributed by atoms with Crippen LogP contribution in [0.15, 0.2) is 48.5 Å². The SMILES string of the molecule is Cc1cc(C)c(C2=[N+](C)OC3c4cccc5cccc(c45)C23)c(C)c1. The Balaban J connectivity index is 1.78. The molecule has 3 aromatic rings. The van der Waals surface area contributed by atoms with Crippen molar-refractivity contribution in [2.75, 3.05) is 7.05 Å². The fraction of sp³-hybridized carbons (Fsp3) is 0.261. The van der Waals surface area contributed by atoms with Crippen LogP contribution in [0.3, 0.4) is 0 Å². The highest BCUT2D eigenvalue weighted by atomic mass is 16.7. The normalized spacial score (nSPS) is 21.0. The van der Waals surface area contributed by atoms with Crippen LogP contribution >= 0.6 is 0 Å². The molecular formula is C23H22NO+. The van der Waals surface area contributed by atoms with Crippen LogP contribution in [0.5, 0.6) is 0 Å². The van der Waals surface area contributed by atoms with E-state index in [1.807, 2.05) is 4.74 Å². The predicted molar refractivity (Wildman–Crippen MR) is 101 cm³/mol. The number of hydrogen-bond donors (Lipinski definition) is 0. The summed E-state index contributed by atoms with van der Waals surface area (Å²) in [6.07, 6.45) is 0.0844. The van der Waals surface area contributed by atoms with Gasteiger partial charge in [-0.2, -0.15) is 0 Å². The summed E-state index contributed by atoms with van der Waals surface area (Å²) in [6, 6.07) is 17.8. The predicted octanol–water partition coefficient (Wildman–Crippen LogP) is 4.98. The van der Waals surface area contributed by atoms with Gasteiger partial charge in [0.15, 0.2) is 7.05 Å². The van der Waals surface area contributed by atoms with Crippen LogP contribution in [-0.2, 0) is 4.84 Å². The van der Waals surface area contributed by atoms with Crippen molar-refractivity contribution in [1.29, 1.82) is 0 Å². The van der Waals surface area contributed by atoms with Crippen molar-refractivity contribution >= 4 is 16.5 Å². The van der Waals surface area contributed by atoms with Crippen LogP contribution in [0.25, 0.3) is 10.8 Å². The van der Waals surface area contributed by atoms with Crippen molar-refractivity contribution in [2.24, 2.45) is 0 Å². The molecule has 2 unspecified atom stereocenters. The highest BCUT2D eigenvalue weighted by Crippen LogP contribution is 2.51. The van der Waals surface area contributed by atoms with E-state index in [-0.39, 0.29) is 12.0 Å². The Morgan fingerprint density at radius 3 is 2.20 bits per heavy atom. The first-order valence-corrected chi connectivity index (χ1v) is 8.93. The molecule has 0 saturated heterocycles. The zero-order chi connectivity index (χ0) is 17.3. The number of hydroxylamine groups is 1. The maximum Gasteiger partial charge on any atom is 0.246 e. The first-order valence-electron chi connectivity index (χ1n) is 8.93. The molecule has 0 aromatic heterocycles. The molecule has 0 fully saturated rings. The van der Waals surface area contributed by atoms with Crippen LogP contribution in [-0.4, -0.2) is 17.5 Å². The first kappa shape index (κ1) is 14.7. The largest absolute Gasteiger partial charge is 0.268 e. The lowest BCUT2D eigenvalue weighted by Crippen LogP contribution is -2.19. The number of hydrogen-bond acceptors (Lipinski definition) is 1. The van der Waals surface area contributed by atoms with E-state index in [1.54, 1.807) is 0 Å². The van der Waals surface area contributed by atoms with Gasteiger partial charge in [-0.3, -0.25) is 4.84 Å². The summed E-state index contributed by atoms with van der Waals surface area (Å²) < 4.78 is 2.01. The van der Waals surface area contributed by atoms with Crippen LogP contribution in [0.4, 0.5) is 0 Å². The Hall–Kier alpha value is -2.61. The summed E-state index contributed by atoms with van der Waals surface area (Å²) in [5, 5.41) is 2.69. The fourth-order valence-electron chi connectivity index (χ4n) is 4.97. The second-order valence-electron chi connectivity index (χ2n) is 7.45. The van der Waals surface area contributed by atoms with E-state index in [0.29, 0.717) is 0 Å². The molecule has 25 heavy (non-hydrogen) atoms. The molecule has 124 valence electrons. The summed E-state index contributed by atoms with van der Waals surface area (Å²) in [5.41, 5.74) is 9.32. The summed E-state index contributed by atoms with van der Waals surface area (Å²) in [6.45, 7) is 6.59. The topological polar surface area (TPSA) is 12.2 Å². The standard InChI is InChI=1S/C23H22NO/c1-13-11-14(2)19(15(3)12-13)22-21-17-9-5-7-16-8-6-10-18(20(16)17)23(21)25-24(22)4/h5-12,21,23H,1-4H3/q+1. The van der Waals surface area contributed by atoms with Gasteiger partial charge in [-0.05, 0) is 53.0 Å². The van der Waals surface area contributed by atoms with Gasteiger partial charge in [-0.25, -0.2) is 0 Å². The van der Waals surface area contributed by atoms with Gasteiger partial charge >= 0.3 is 0 Å². The average Bonchev–Trinajstić information content (AvgIpc) is 3.05. The molecule has 2 heteroatoms. The third-order valence-corrected chi connectivity index (χ3v) is 5.75. The number of rotatable bonds is 1. The third kappa shape index (κ3) is 1.88. The molecule has 2 aliphatic rings. The maximum atomic E-state index is 6.36. The monoisotopic (exact) mass is 328 g/mol. The number of fused-ring (bicyclic) bond motifs is 3. The Morgan fingerprint density at radius 1 is 0.880 bits per heavy atom. The van der Waals surface area contributed by atoms with E-state index in [2.05, 4.69) is 76.3 Å². The number of benzene rings is 3. The molecule has 0 spiro atoms. The van der Waals surface area contributed by atoms with Crippen molar-refractivity contribution < 1.29 is 9.58 Å². The van der Waals surface area contributed by atoms with E-state index < -0.39 is 0 Å². The first-order chi connectivity index (χ1) is 12.1.